The van der Waals surface area contributed by atoms with Gasteiger partial charge in [0.25, 0.3) is 0 Å². The molecule has 0 spiro atoms. The fraction of sp³-hybridized carbons (Fsp3) is 0.944. The standard InChI is InChI=1S/C18H34N2O3/c1-14(2)13-23-12-9-18(22)19-15-7-10-20(11-8-15)16-5-3-4-6-17(16)21/h14-17,21H,3-13H2,1-2H3,(H,19,22). The van der Waals surface area contributed by atoms with Crippen LogP contribution < -0.4 is 5.32 Å². The van der Waals surface area contributed by atoms with Crippen LogP contribution in [0.25, 0.3) is 0 Å². The fourth-order valence-corrected chi connectivity index (χ4v) is 3.68. The number of piperidine rings is 1. The number of carbonyl (C=O) groups excluding carboxylic acids is 1. The summed E-state index contributed by atoms with van der Waals surface area (Å²) in [7, 11) is 0. The molecule has 0 aromatic heterocycles. The van der Waals surface area contributed by atoms with Crippen molar-refractivity contribution in [2.45, 2.75) is 77.0 Å². The maximum atomic E-state index is 11.9. The minimum atomic E-state index is -0.159. The van der Waals surface area contributed by atoms with Gasteiger partial charge in [-0.15, -0.1) is 0 Å². The molecule has 2 aliphatic rings. The minimum absolute atomic E-state index is 0.102. The van der Waals surface area contributed by atoms with E-state index < -0.39 is 0 Å². The van der Waals surface area contributed by atoms with Crippen molar-refractivity contribution in [3.63, 3.8) is 0 Å². The maximum absolute atomic E-state index is 11.9. The summed E-state index contributed by atoms with van der Waals surface area (Å²) in [6.07, 6.45) is 6.71. The molecule has 5 nitrogen and oxygen atoms in total. The Morgan fingerprint density at radius 3 is 2.57 bits per heavy atom. The first-order chi connectivity index (χ1) is 11.1. The summed E-state index contributed by atoms with van der Waals surface area (Å²) in [5.41, 5.74) is 0. The molecule has 134 valence electrons. The zero-order valence-electron chi connectivity index (χ0n) is 14.8. The van der Waals surface area contributed by atoms with E-state index in [4.69, 9.17) is 4.74 Å². The van der Waals surface area contributed by atoms with Gasteiger partial charge in [-0.3, -0.25) is 9.69 Å². The molecule has 1 saturated heterocycles. The van der Waals surface area contributed by atoms with Crippen LogP contribution in [0.1, 0.15) is 58.8 Å². The van der Waals surface area contributed by atoms with Crippen molar-refractivity contribution in [3.05, 3.63) is 0 Å². The van der Waals surface area contributed by atoms with E-state index in [0.29, 0.717) is 25.0 Å². The largest absolute Gasteiger partial charge is 0.391 e. The maximum Gasteiger partial charge on any atom is 0.222 e. The molecule has 1 heterocycles. The normalized spacial score (nSPS) is 27.3. The van der Waals surface area contributed by atoms with Gasteiger partial charge in [-0.05, 0) is 31.6 Å². The summed E-state index contributed by atoms with van der Waals surface area (Å²) in [5, 5.41) is 13.3. The lowest BCUT2D eigenvalue weighted by Crippen LogP contribution is -2.52. The monoisotopic (exact) mass is 326 g/mol. The number of nitrogens with one attached hydrogen (secondary N) is 1. The first-order valence-electron chi connectivity index (χ1n) is 9.35. The van der Waals surface area contributed by atoms with Gasteiger partial charge in [0.05, 0.1) is 12.7 Å². The Morgan fingerprint density at radius 2 is 1.91 bits per heavy atom. The number of likely N-dealkylation sites (tertiary alicyclic amines) is 1. The third kappa shape index (κ3) is 6.40. The average molecular weight is 326 g/mol. The van der Waals surface area contributed by atoms with Crippen LogP contribution in [-0.2, 0) is 9.53 Å². The highest BCUT2D eigenvalue weighted by Gasteiger charge is 2.31. The number of ether oxygens (including phenoxy) is 1. The highest BCUT2D eigenvalue weighted by molar-refractivity contribution is 5.76. The van der Waals surface area contributed by atoms with Crippen LogP contribution in [0.15, 0.2) is 0 Å². The number of carbonyl (C=O) groups is 1. The van der Waals surface area contributed by atoms with Crippen molar-refractivity contribution >= 4 is 5.91 Å². The number of rotatable bonds is 7. The summed E-state index contributed by atoms with van der Waals surface area (Å²) >= 11 is 0. The van der Waals surface area contributed by atoms with Crippen molar-refractivity contribution in [2.75, 3.05) is 26.3 Å². The Morgan fingerprint density at radius 1 is 1.22 bits per heavy atom. The predicted molar refractivity (Wildman–Crippen MR) is 91.3 cm³/mol. The van der Waals surface area contributed by atoms with Crippen LogP contribution in [0, 0.1) is 5.92 Å². The molecule has 0 aromatic rings. The fourth-order valence-electron chi connectivity index (χ4n) is 3.68. The highest BCUT2D eigenvalue weighted by atomic mass is 16.5. The van der Waals surface area contributed by atoms with E-state index in [1.165, 1.54) is 6.42 Å². The summed E-state index contributed by atoms with van der Waals surface area (Å²) in [5.74, 6) is 0.613. The van der Waals surface area contributed by atoms with Crippen LogP contribution >= 0.6 is 0 Å². The molecule has 1 aliphatic heterocycles. The average Bonchev–Trinajstić information content (AvgIpc) is 2.53. The Balaban J connectivity index is 1.61. The summed E-state index contributed by atoms with van der Waals surface area (Å²) in [6, 6.07) is 0.620. The van der Waals surface area contributed by atoms with Gasteiger partial charge in [0.2, 0.25) is 5.91 Å². The van der Waals surface area contributed by atoms with Crippen LogP contribution in [0.2, 0.25) is 0 Å². The molecule has 0 bridgehead atoms. The molecular weight excluding hydrogens is 292 g/mol. The van der Waals surface area contributed by atoms with Gasteiger partial charge in [-0.25, -0.2) is 0 Å². The lowest BCUT2D eigenvalue weighted by atomic mass is 9.89. The van der Waals surface area contributed by atoms with Gasteiger partial charge in [0.15, 0.2) is 0 Å². The van der Waals surface area contributed by atoms with Gasteiger partial charge >= 0.3 is 0 Å². The van der Waals surface area contributed by atoms with Gasteiger partial charge in [0, 0.05) is 38.2 Å². The molecule has 2 fully saturated rings. The van der Waals surface area contributed by atoms with Gasteiger partial charge in [0.1, 0.15) is 0 Å². The number of hydrogen-bond acceptors (Lipinski definition) is 4. The third-order valence-electron chi connectivity index (χ3n) is 4.98. The quantitative estimate of drug-likeness (QED) is 0.702. The van der Waals surface area contributed by atoms with Crippen LogP contribution in [0.3, 0.4) is 0 Å². The van der Waals surface area contributed by atoms with E-state index in [0.717, 1.165) is 51.8 Å². The number of aliphatic hydroxyl groups is 1. The van der Waals surface area contributed by atoms with Gasteiger partial charge in [-0.2, -0.15) is 0 Å². The molecule has 1 amide bonds. The second kappa shape index (κ2) is 9.60. The van der Waals surface area contributed by atoms with Crippen LogP contribution in [0.5, 0.6) is 0 Å². The first kappa shape index (κ1) is 18.7. The van der Waals surface area contributed by atoms with Crippen molar-refractivity contribution < 1.29 is 14.6 Å². The van der Waals surface area contributed by atoms with Crippen molar-refractivity contribution in [3.8, 4) is 0 Å². The van der Waals surface area contributed by atoms with E-state index >= 15 is 0 Å². The van der Waals surface area contributed by atoms with Gasteiger partial charge < -0.3 is 15.2 Å². The molecule has 0 radical (unpaired) electrons. The molecule has 1 saturated carbocycles. The topological polar surface area (TPSA) is 61.8 Å². The Bertz CT molecular complexity index is 354. The highest BCUT2D eigenvalue weighted by Crippen LogP contribution is 2.25. The first-order valence-corrected chi connectivity index (χ1v) is 9.35. The molecular formula is C18H34N2O3. The summed E-state index contributed by atoms with van der Waals surface area (Å²) in [4.78, 5) is 14.4. The predicted octanol–water partition coefficient (Wildman–Crippen LogP) is 1.93. The lowest BCUT2D eigenvalue weighted by Gasteiger charge is -2.41. The molecule has 1 aliphatic carbocycles. The number of hydrogen-bond donors (Lipinski definition) is 2. The van der Waals surface area contributed by atoms with E-state index in [-0.39, 0.29) is 18.1 Å². The molecule has 2 unspecified atom stereocenters. The number of nitrogens with zero attached hydrogens (tertiary/aromatic N) is 1. The lowest BCUT2D eigenvalue weighted by molar-refractivity contribution is -0.123. The van der Waals surface area contributed by atoms with E-state index in [9.17, 15) is 9.90 Å². The van der Waals surface area contributed by atoms with Crippen LogP contribution in [0.4, 0.5) is 0 Å². The zero-order chi connectivity index (χ0) is 16.7. The molecule has 2 rings (SSSR count). The molecule has 5 heteroatoms. The molecule has 23 heavy (non-hydrogen) atoms. The Kier molecular flexibility index (Phi) is 7.80. The minimum Gasteiger partial charge on any atom is -0.391 e. The van der Waals surface area contributed by atoms with E-state index in [1.54, 1.807) is 0 Å². The second-order valence-corrected chi connectivity index (χ2v) is 7.52. The van der Waals surface area contributed by atoms with E-state index in [1.807, 2.05) is 0 Å². The second-order valence-electron chi connectivity index (χ2n) is 7.52. The van der Waals surface area contributed by atoms with Crippen LogP contribution in [-0.4, -0.2) is 60.4 Å². The molecule has 2 atom stereocenters. The van der Waals surface area contributed by atoms with Crippen molar-refractivity contribution in [1.82, 2.24) is 10.2 Å². The number of aliphatic hydroxyl groups excluding tert-OH is 1. The third-order valence-corrected chi connectivity index (χ3v) is 4.98. The SMILES string of the molecule is CC(C)COCCC(=O)NC1CCN(C2CCCCC2O)CC1. The van der Waals surface area contributed by atoms with E-state index in [2.05, 4.69) is 24.1 Å². The smallest absolute Gasteiger partial charge is 0.222 e. The Labute approximate surface area is 140 Å². The molecule has 0 aromatic carbocycles. The van der Waals surface area contributed by atoms with Gasteiger partial charge in [-0.1, -0.05) is 26.7 Å². The Hall–Kier alpha value is -0.650. The summed E-state index contributed by atoms with van der Waals surface area (Å²) in [6.45, 7) is 7.41. The summed E-state index contributed by atoms with van der Waals surface area (Å²) < 4.78 is 5.47. The zero-order valence-corrected chi connectivity index (χ0v) is 14.8. The van der Waals surface area contributed by atoms with Crippen molar-refractivity contribution in [1.29, 1.82) is 0 Å². The number of amides is 1. The molecule has 2 N–H and O–H groups in total. The van der Waals surface area contributed by atoms with Crippen molar-refractivity contribution in [2.24, 2.45) is 5.92 Å².